The summed E-state index contributed by atoms with van der Waals surface area (Å²) in [6, 6.07) is 3.21. The van der Waals surface area contributed by atoms with Crippen molar-refractivity contribution in [1.82, 2.24) is 0 Å². The van der Waals surface area contributed by atoms with Gasteiger partial charge in [-0.3, -0.25) is 4.79 Å². The Labute approximate surface area is 135 Å². The van der Waals surface area contributed by atoms with Gasteiger partial charge in [-0.05, 0) is 65.7 Å². The Morgan fingerprint density at radius 3 is 2.70 bits per heavy atom. The van der Waals surface area contributed by atoms with E-state index in [0.29, 0.717) is 17.6 Å². The number of benzene rings is 1. The molecule has 0 bridgehead atoms. The highest BCUT2D eigenvalue weighted by Crippen LogP contribution is 2.42. The van der Waals surface area contributed by atoms with Gasteiger partial charge in [-0.2, -0.15) is 0 Å². The number of hydrogen-bond donors (Lipinski definition) is 1. The molecule has 3 heteroatoms. The van der Waals surface area contributed by atoms with E-state index in [1.165, 1.54) is 6.07 Å². The number of fused-ring (bicyclic) bond motifs is 1. The molecule has 2 N–H and O–H groups in total. The van der Waals surface area contributed by atoms with Gasteiger partial charge in [0.1, 0.15) is 5.82 Å². The predicted octanol–water partition coefficient (Wildman–Crippen LogP) is 4.18. The molecular formula is C20H20FNO. The first-order chi connectivity index (χ1) is 10.8. The second-order valence-electron chi connectivity index (χ2n) is 6.41. The lowest BCUT2D eigenvalue weighted by molar-refractivity contribution is -0.114. The summed E-state index contributed by atoms with van der Waals surface area (Å²) in [5, 5.41) is 0. The smallest absolute Gasteiger partial charge is 0.249 e. The first kappa shape index (κ1) is 15.5. The van der Waals surface area contributed by atoms with Crippen LogP contribution in [0.5, 0.6) is 0 Å². The summed E-state index contributed by atoms with van der Waals surface area (Å²) in [4.78, 5) is 12.0. The molecule has 2 nitrogen and oxygen atoms in total. The predicted molar refractivity (Wildman–Crippen MR) is 91.9 cm³/mol. The van der Waals surface area contributed by atoms with Crippen LogP contribution in [0.2, 0.25) is 0 Å². The molecule has 1 amide bonds. The van der Waals surface area contributed by atoms with Gasteiger partial charge < -0.3 is 5.73 Å². The second kappa shape index (κ2) is 5.34. The summed E-state index contributed by atoms with van der Waals surface area (Å²) >= 11 is 0. The van der Waals surface area contributed by atoms with Gasteiger partial charge in [0.05, 0.1) is 0 Å². The van der Waals surface area contributed by atoms with E-state index in [2.05, 4.69) is 6.58 Å². The fourth-order valence-electron chi connectivity index (χ4n) is 3.47. The molecule has 1 unspecified atom stereocenters. The molecule has 0 heterocycles. The molecule has 23 heavy (non-hydrogen) atoms. The van der Waals surface area contributed by atoms with Crippen LogP contribution in [-0.4, -0.2) is 5.91 Å². The van der Waals surface area contributed by atoms with Gasteiger partial charge in [0.15, 0.2) is 0 Å². The minimum atomic E-state index is -0.463. The fraction of sp³-hybridized carbons (Fsp3) is 0.250. The molecule has 0 saturated carbocycles. The Balaban J connectivity index is 2.30. The first-order valence-electron chi connectivity index (χ1n) is 7.72. The summed E-state index contributed by atoms with van der Waals surface area (Å²) in [6.45, 7) is 10.1. The Hall–Kier alpha value is -2.42. The molecule has 0 fully saturated rings. The van der Waals surface area contributed by atoms with Crippen LogP contribution in [0, 0.1) is 11.7 Å². The maximum Gasteiger partial charge on any atom is 0.249 e. The Morgan fingerprint density at radius 2 is 2.04 bits per heavy atom. The van der Waals surface area contributed by atoms with E-state index in [1.54, 1.807) is 6.07 Å². The molecule has 2 aliphatic carbocycles. The summed E-state index contributed by atoms with van der Waals surface area (Å²) in [5.74, 6) is -0.606. The van der Waals surface area contributed by atoms with Gasteiger partial charge in [0, 0.05) is 5.57 Å². The van der Waals surface area contributed by atoms with E-state index in [4.69, 9.17) is 5.73 Å². The van der Waals surface area contributed by atoms with E-state index < -0.39 is 5.91 Å². The highest BCUT2D eigenvalue weighted by atomic mass is 19.1. The Kier molecular flexibility index (Phi) is 3.59. The fourth-order valence-corrected chi connectivity index (χ4v) is 3.47. The molecule has 0 spiro atoms. The molecule has 2 aliphatic rings. The zero-order valence-corrected chi connectivity index (χ0v) is 13.7. The number of halogens is 1. The van der Waals surface area contributed by atoms with Crippen molar-refractivity contribution < 1.29 is 9.18 Å². The van der Waals surface area contributed by atoms with Crippen molar-refractivity contribution >= 4 is 17.6 Å². The maximum atomic E-state index is 14.1. The minimum absolute atomic E-state index is 0.0621. The van der Waals surface area contributed by atoms with E-state index in [9.17, 15) is 9.18 Å². The Bertz CT molecular complexity index is 839. The third kappa shape index (κ3) is 2.37. The summed E-state index contributed by atoms with van der Waals surface area (Å²) in [6.07, 6.45) is 4.45. The van der Waals surface area contributed by atoms with Gasteiger partial charge >= 0.3 is 0 Å². The number of carbonyl (C=O) groups excluding carboxylic acids is 1. The zero-order valence-electron chi connectivity index (χ0n) is 13.7. The molecule has 1 aromatic rings. The van der Waals surface area contributed by atoms with Crippen LogP contribution in [0.15, 0.2) is 47.1 Å². The third-order valence-corrected chi connectivity index (χ3v) is 4.77. The standard InChI is InChI=1S/C20H20FNO/c1-10-7-15-14(5-6-18(21)16(15)8-10)19-13(4)12(3)11(2)9-17(19)20(22)23/h5-7,9,11H,3,8H2,1-2,4H3,(H2,22,23). The van der Waals surface area contributed by atoms with Crippen molar-refractivity contribution in [2.45, 2.75) is 27.2 Å². The van der Waals surface area contributed by atoms with E-state index in [1.807, 2.05) is 32.9 Å². The first-order valence-corrected chi connectivity index (χ1v) is 7.72. The van der Waals surface area contributed by atoms with Crippen molar-refractivity contribution in [3.05, 3.63) is 69.6 Å². The van der Waals surface area contributed by atoms with Crippen LogP contribution in [0.4, 0.5) is 4.39 Å². The molecule has 0 aromatic heterocycles. The van der Waals surface area contributed by atoms with Crippen molar-refractivity contribution in [3.8, 4) is 0 Å². The minimum Gasteiger partial charge on any atom is -0.366 e. The van der Waals surface area contributed by atoms with Crippen molar-refractivity contribution in [2.75, 3.05) is 0 Å². The molecule has 3 rings (SSSR count). The van der Waals surface area contributed by atoms with E-state index in [-0.39, 0.29) is 11.7 Å². The van der Waals surface area contributed by atoms with Crippen LogP contribution in [0.1, 0.15) is 37.5 Å². The summed E-state index contributed by atoms with van der Waals surface area (Å²) in [7, 11) is 0. The maximum absolute atomic E-state index is 14.1. The number of hydrogen-bond acceptors (Lipinski definition) is 1. The lowest BCUT2D eigenvalue weighted by Gasteiger charge is -2.26. The molecule has 1 aromatic carbocycles. The van der Waals surface area contributed by atoms with Crippen LogP contribution in [0.25, 0.3) is 11.6 Å². The van der Waals surface area contributed by atoms with Crippen LogP contribution < -0.4 is 5.73 Å². The lowest BCUT2D eigenvalue weighted by atomic mass is 9.78. The average Bonchev–Trinajstić information content (AvgIpc) is 2.88. The monoisotopic (exact) mass is 309 g/mol. The highest BCUT2D eigenvalue weighted by Gasteiger charge is 2.28. The Morgan fingerprint density at radius 1 is 1.35 bits per heavy atom. The molecule has 0 saturated heterocycles. The zero-order chi connectivity index (χ0) is 16.9. The average molecular weight is 309 g/mol. The van der Waals surface area contributed by atoms with E-state index >= 15 is 0 Å². The number of rotatable bonds is 2. The second-order valence-corrected chi connectivity index (χ2v) is 6.41. The normalized spacial score (nSPS) is 20.3. The lowest BCUT2D eigenvalue weighted by Crippen LogP contribution is -2.21. The number of allylic oxidation sites excluding steroid dienone is 4. The number of carbonyl (C=O) groups is 1. The van der Waals surface area contributed by atoms with Crippen LogP contribution in [0.3, 0.4) is 0 Å². The third-order valence-electron chi connectivity index (χ3n) is 4.77. The van der Waals surface area contributed by atoms with Gasteiger partial charge in [-0.25, -0.2) is 4.39 Å². The summed E-state index contributed by atoms with van der Waals surface area (Å²) < 4.78 is 14.1. The number of nitrogens with two attached hydrogens (primary N) is 1. The van der Waals surface area contributed by atoms with E-state index in [0.717, 1.165) is 33.4 Å². The number of amides is 1. The molecule has 0 aliphatic heterocycles. The number of primary amides is 1. The van der Waals surface area contributed by atoms with Crippen molar-refractivity contribution in [1.29, 1.82) is 0 Å². The van der Waals surface area contributed by atoms with Crippen LogP contribution in [-0.2, 0) is 11.2 Å². The van der Waals surface area contributed by atoms with Crippen molar-refractivity contribution in [3.63, 3.8) is 0 Å². The molecule has 118 valence electrons. The molecule has 1 atom stereocenters. The molecule has 0 radical (unpaired) electrons. The topological polar surface area (TPSA) is 43.1 Å². The quantitative estimate of drug-likeness (QED) is 0.875. The summed E-state index contributed by atoms with van der Waals surface area (Å²) in [5.41, 5.74) is 12.3. The van der Waals surface area contributed by atoms with Crippen LogP contribution >= 0.6 is 0 Å². The van der Waals surface area contributed by atoms with Gasteiger partial charge in [0.2, 0.25) is 5.91 Å². The largest absolute Gasteiger partial charge is 0.366 e. The molecular weight excluding hydrogens is 289 g/mol. The SMILES string of the molecule is C=C1C(C)=C(c2ccc(F)c3c2C=C(C)C3)C(C(N)=O)=CC1C. The highest BCUT2D eigenvalue weighted by molar-refractivity contribution is 6.11. The van der Waals surface area contributed by atoms with Gasteiger partial charge in [0.25, 0.3) is 0 Å². The van der Waals surface area contributed by atoms with Gasteiger partial charge in [-0.1, -0.05) is 37.3 Å². The van der Waals surface area contributed by atoms with Crippen molar-refractivity contribution in [2.24, 2.45) is 11.7 Å². The van der Waals surface area contributed by atoms with Gasteiger partial charge in [-0.15, -0.1) is 0 Å².